The second-order valence-electron chi connectivity index (χ2n) is 1.21. The number of rotatable bonds is 1. The molecule has 0 radical (unpaired) electrons. The van der Waals surface area contributed by atoms with E-state index in [2.05, 4.69) is 9.98 Å². The molecule has 1 rings (SSSR count). The molecule has 0 saturated heterocycles. The van der Waals surface area contributed by atoms with Crippen molar-refractivity contribution in [3.63, 3.8) is 0 Å². The van der Waals surface area contributed by atoms with Crippen molar-refractivity contribution in [3.8, 4) is 0 Å². The number of hydrogen-bond acceptors (Lipinski definition) is 4. The molecule has 0 amide bonds. The third kappa shape index (κ3) is 1.18. The molecule has 1 unspecified atom stereocenters. The summed E-state index contributed by atoms with van der Waals surface area (Å²) in [5.74, 6) is 0.857. The normalized spacial score (nSPS) is 25.2. The van der Waals surface area contributed by atoms with E-state index in [1.54, 1.807) is 6.21 Å². The van der Waals surface area contributed by atoms with Gasteiger partial charge in [0.05, 0.1) is 0 Å². The Labute approximate surface area is 50.9 Å². The van der Waals surface area contributed by atoms with Crippen molar-refractivity contribution in [2.75, 3.05) is 5.75 Å². The minimum atomic E-state index is -0.201. The zero-order chi connectivity index (χ0) is 5.82. The highest BCUT2D eigenvalue weighted by Crippen LogP contribution is 2.16. The average Bonchev–Trinajstić information content (AvgIpc) is 2.19. The maximum atomic E-state index is 9.58. The Morgan fingerprint density at radius 3 is 3.38 bits per heavy atom. The van der Waals surface area contributed by atoms with Gasteiger partial charge in [-0.25, -0.2) is 4.79 Å². The maximum Gasteiger partial charge on any atom is 0.238 e. The SMILES string of the molecule is O=C=NC1N=CCS1. The van der Waals surface area contributed by atoms with Crippen LogP contribution in [0, 0.1) is 0 Å². The molecule has 1 aliphatic rings. The van der Waals surface area contributed by atoms with Gasteiger partial charge in [0, 0.05) is 12.0 Å². The van der Waals surface area contributed by atoms with Crippen molar-refractivity contribution < 1.29 is 4.79 Å². The third-order valence-corrected chi connectivity index (χ3v) is 1.58. The first kappa shape index (κ1) is 5.54. The minimum absolute atomic E-state index is 0.201. The van der Waals surface area contributed by atoms with E-state index in [-0.39, 0.29) is 5.50 Å². The molecule has 1 aliphatic heterocycles. The summed E-state index contributed by atoms with van der Waals surface area (Å²) in [5, 5.41) is 0. The van der Waals surface area contributed by atoms with E-state index in [0.29, 0.717) is 0 Å². The molecule has 1 atom stereocenters. The van der Waals surface area contributed by atoms with Crippen molar-refractivity contribution in [1.82, 2.24) is 0 Å². The van der Waals surface area contributed by atoms with Crippen LogP contribution in [0.2, 0.25) is 0 Å². The van der Waals surface area contributed by atoms with Gasteiger partial charge in [-0.15, -0.1) is 11.8 Å². The highest BCUT2D eigenvalue weighted by atomic mass is 32.2. The van der Waals surface area contributed by atoms with E-state index in [0.717, 1.165) is 5.75 Å². The summed E-state index contributed by atoms with van der Waals surface area (Å²) in [6, 6.07) is 0. The summed E-state index contributed by atoms with van der Waals surface area (Å²) < 4.78 is 0. The van der Waals surface area contributed by atoms with Crippen LogP contribution >= 0.6 is 11.8 Å². The summed E-state index contributed by atoms with van der Waals surface area (Å²) in [7, 11) is 0. The molecular weight excluding hydrogens is 124 g/mol. The first-order chi connectivity index (χ1) is 3.93. The number of aliphatic imine (C=N–C) groups is 2. The predicted octanol–water partition coefficient (Wildman–Crippen LogP) is 0.423. The lowest BCUT2D eigenvalue weighted by atomic mass is 10.9. The molecule has 0 aliphatic carbocycles. The number of carbonyl (C=O) groups excluding carboxylic acids is 1. The monoisotopic (exact) mass is 128 g/mol. The molecule has 0 aromatic rings. The molecule has 0 aromatic carbocycles. The smallest absolute Gasteiger partial charge is 0.238 e. The van der Waals surface area contributed by atoms with Gasteiger partial charge in [0.1, 0.15) is 0 Å². The average molecular weight is 128 g/mol. The molecule has 42 valence electrons. The number of thioether (sulfide) groups is 1. The lowest BCUT2D eigenvalue weighted by Gasteiger charge is -1.89. The van der Waals surface area contributed by atoms with Gasteiger partial charge in [-0.1, -0.05) is 0 Å². The van der Waals surface area contributed by atoms with Crippen molar-refractivity contribution in [2.45, 2.75) is 5.50 Å². The van der Waals surface area contributed by atoms with Gasteiger partial charge in [-0.05, 0) is 0 Å². The predicted molar refractivity (Wildman–Crippen MR) is 32.9 cm³/mol. The molecule has 8 heavy (non-hydrogen) atoms. The van der Waals surface area contributed by atoms with E-state index in [4.69, 9.17) is 0 Å². The van der Waals surface area contributed by atoms with Gasteiger partial charge in [-0.2, -0.15) is 4.99 Å². The van der Waals surface area contributed by atoms with E-state index in [1.165, 1.54) is 17.8 Å². The largest absolute Gasteiger partial charge is 0.259 e. The number of hydrogen-bond donors (Lipinski definition) is 0. The lowest BCUT2D eigenvalue weighted by Crippen LogP contribution is -1.84. The summed E-state index contributed by atoms with van der Waals surface area (Å²) in [4.78, 5) is 16.8. The van der Waals surface area contributed by atoms with Crippen molar-refractivity contribution in [2.24, 2.45) is 9.98 Å². The van der Waals surface area contributed by atoms with Crippen LogP contribution in [0.15, 0.2) is 9.98 Å². The van der Waals surface area contributed by atoms with E-state index in [9.17, 15) is 4.79 Å². The summed E-state index contributed by atoms with van der Waals surface area (Å²) >= 11 is 1.52. The molecule has 3 nitrogen and oxygen atoms in total. The fraction of sp³-hybridized carbons (Fsp3) is 0.500. The Morgan fingerprint density at radius 2 is 2.88 bits per heavy atom. The summed E-state index contributed by atoms with van der Waals surface area (Å²) in [5.41, 5.74) is -0.201. The van der Waals surface area contributed by atoms with Crippen molar-refractivity contribution in [1.29, 1.82) is 0 Å². The first-order valence-corrected chi connectivity index (χ1v) is 3.18. The van der Waals surface area contributed by atoms with Crippen LogP contribution in [-0.2, 0) is 4.79 Å². The van der Waals surface area contributed by atoms with Crippen LogP contribution in [0.5, 0.6) is 0 Å². The quantitative estimate of drug-likeness (QED) is 0.379. The molecule has 0 aromatic heterocycles. The standard InChI is InChI=1S/C4H4N2OS/c7-3-6-4-5-1-2-8-4/h1,4H,2H2. The van der Waals surface area contributed by atoms with Crippen LogP contribution < -0.4 is 0 Å². The Kier molecular flexibility index (Phi) is 1.83. The molecule has 0 spiro atoms. The second-order valence-corrected chi connectivity index (χ2v) is 2.30. The van der Waals surface area contributed by atoms with Gasteiger partial charge in [-0.3, -0.25) is 4.99 Å². The molecule has 0 bridgehead atoms. The minimum Gasteiger partial charge on any atom is -0.259 e. The Bertz CT molecular complexity index is 150. The van der Waals surface area contributed by atoms with Crippen LogP contribution in [0.1, 0.15) is 0 Å². The Balaban J connectivity index is 2.48. The van der Waals surface area contributed by atoms with Gasteiger partial charge in [0.15, 0.2) is 5.50 Å². The third-order valence-electron chi connectivity index (χ3n) is 0.716. The van der Waals surface area contributed by atoms with E-state index >= 15 is 0 Å². The van der Waals surface area contributed by atoms with Gasteiger partial charge in [0.25, 0.3) is 0 Å². The summed E-state index contributed by atoms with van der Waals surface area (Å²) in [6.07, 6.45) is 3.20. The van der Waals surface area contributed by atoms with Gasteiger partial charge < -0.3 is 0 Å². The van der Waals surface area contributed by atoms with Crippen LogP contribution in [0.4, 0.5) is 0 Å². The number of isocyanates is 1. The Morgan fingerprint density at radius 1 is 2.00 bits per heavy atom. The fourth-order valence-electron chi connectivity index (χ4n) is 0.421. The van der Waals surface area contributed by atoms with Gasteiger partial charge >= 0.3 is 0 Å². The van der Waals surface area contributed by atoms with E-state index < -0.39 is 0 Å². The van der Waals surface area contributed by atoms with Crippen LogP contribution in [-0.4, -0.2) is 23.5 Å². The highest BCUT2D eigenvalue weighted by Gasteiger charge is 2.06. The highest BCUT2D eigenvalue weighted by molar-refractivity contribution is 8.00. The molecule has 0 N–H and O–H groups in total. The van der Waals surface area contributed by atoms with Crippen LogP contribution in [0.3, 0.4) is 0 Å². The van der Waals surface area contributed by atoms with E-state index in [1.807, 2.05) is 0 Å². The van der Waals surface area contributed by atoms with Crippen molar-refractivity contribution >= 4 is 24.1 Å². The second kappa shape index (κ2) is 2.64. The molecule has 0 fully saturated rings. The first-order valence-electron chi connectivity index (χ1n) is 2.13. The zero-order valence-corrected chi connectivity index (χ0v) is 4.89. The molecule has 1 heterocycles. The maximum absolute atomic E-state index is 9.58. The molecule has 0 saturated carbocycles. The topological polar surface area (TPSA) is 41.8 Å². The summed E-state index contributed by atoms with van der Waals surface area (Å²) in [6.45, 7) is 0. The Hall–Kier alpha value is -0.600. The lowest BCUT2D eigenvalue weighted by molar-refractivity contribution is 0.562. The number of nitrogens with zero attached hydrogens (tertiary/aromatic N) is 2. The molecular formula is C4H4N2OS. The molecule has 4 heteroatoms. The van der Waals surface area contributed by atoms with Crippen LogP contribution in [0.25, 0.3) is 0 Å². The van der Waals surface area contributed by atoms with Gasteiger partial charge in [0.2, 0.25) is 6.08 Å². The zero-order valence-electron chi connectivity index (χ0n) is 4.07. The van der Waals surface area contributed by atoms with Crippen molar-refractivity contribution in [3.05, 3.63) is 0 Å². The fourth-order valence-corrected chi connectivity index (χ4v) is 1.05.